The van der Waals surface area contributed by atoms with Crippen molar-refractivity contribution in [3.05, 3.63) is 82.8 Å². The van der Waals surface area contributed by atoms with E-state index in [4.69, 9.17) is 9.47 Å². The zero-order valence-corrected chi connectivity index (χ0v) is 15.5. The Labute approximate surface area is 162 Å². The largest absolute Gasteiger partial charge is 0.494 e. The topological polar surface area (TPSA) is 82.5 Å². The molecule has 0 aliphatic heterocycles. The SMILES string of the molecule is CCOc1ccc(NC(=O)c2ccc(=O)n(CCOc3ccccc3)n2)cc1. The minimum Gasteiger partial charge on any atom is -0.494 e. The Morgan fingerprint density at radius 2 is 1.68 bits per heavy atom. The number of ether oxygens (including phenoxy) is 2. The second-order valence-corrected chi connectivity index (χ2v) is 5.85. The maximum absolute atomic E-state index is 12.4. The van der Waals surface area contributed by atoms with E-state index in [-0.39, 0.29) is 24.4 Å². The lowest BCUT2D eigenvalue weighted by Crippen LogP contribution is -2.28. The molecule has 0 aliphatic carbocycles. The van der Waals surface area contributed by atoms with Gasteiger partial charge in [0, 0.05) is 11.8 Å². The fourth-order valence-electron chi connectivity index (χ4n) is 2.49. The van der Waals surface area contributed by atoms with Crippen LogP contribution in [0.2, 0.25) is 0 Å². The highest BCUT2D eigenvalue weighted by atomic mass is 16.5. The molecule has 2 aromatic carbocycles. The summed E-state index contributed by atoms with van der Waals surface area (Å²) >= 11 is 0. The van der Waals surface area contributed by atoms with Crippen molar-refractivity contribution in [2.45, 2.75) is 13.5 Å². The molecule has 0 saturated carbocycles. The van der Waals surface area contributed by atoms with E-state index in [0.29, 0.717) is 18.0 Å². The predicted molar refractivity (Wildman–Crippen MR) is 106 cm³/mol. The first-order valence-electron chi connectivity index (χ1n) is 8.96. The molecule has 0 spiro atoms. The van der Waals surface area contributed by atoms with Crippen LogP contribution in [0.25, 0.3) is 0 Å². The quantitative estimate of drug-likeness (QED) is 0.651. The smallest absolute Gasteiger partial charge is 0.276 e. The van der Waals surface area contributed by atoms with Crippen molar-refractivity contribution in [2.24, 2.45) is 0 Å². The zero-order valence-electron chi connectivity index (χ0n) is 15.5. The lowest BCUT2D eigenvalue weighted by atomic mass is 10.3. The first kappa shape index (κ1) is 19.2. The van der Waals surface area contributed by atoms with Crippen molar-refractivity contribution < 1.29 is 14.3 Å². The number of carbonyl (C=O) groups is 1. The number of amides is 1. The maximum Gasteiger partial charge on any atom is 0.276 e. The van der Waals surface area contributed by atoms with E-state index in [0.717, 1.165) is 5.75 Å². The van der Waals surface area contributed by atoms with E-state index in [2.05, 4.69) is 10.4 Å². The van der Waals surface area contributed by atoms with Crippen LogP contribution < -0.4 is 20.3 Å². The average Bonchev–Trinajstić information content (AvgIpc) is 2.72. The predicted octanol–water partition coefficient (Wildman–Crippen LogP) is 2.97. The van der Waals surface area contributed by atoms with Crippen molar-refractivity contribution in [3.63, 3.8) is 0 Å². The van der Waals surface area contributed by atoms with Gasteiger partial charge in [-0.3, -0.25) is 9.59 Å². The van der Waals surface area contributed by atoms with Gasteiger partial charge >= 0.3 is 0 Å². The van der Waals surface area contributed by atoms with Crippen LogP contribution in [0.4, 0.5) is 5.69 Å². The van der Waals surface area contributed by atoms with Crippen LogP contribution in [0.3, 0.4) is 0 Å². The Bertz CT molecular complexity index is 969. The van der Waals surface area contributed by atoms with Gasteiger partial charge in [0.05, 0.1) is 13.2 Å². The number of nitrogens with zero attached hydrogens (tertiary/aromatic N) is 2. The highest BCUT2D eigenvalue weighted by Crippen LogP contribution is 2.16. The Balaban J connectivity index is 1.62. The number of aromatic nitrogens is 2. The number of anilines is 1. The molecule has 1 heterocycles. The zero-order chi connectivity index (χ0) is 19.8. The monoisotopic (exact) mass is 379 g/mol. The van der Waals surface area contributed by atoms with Gasteiger partial charge in [-0.1, -0.05) is 18.2 Å². The molecule has 1 aromatic heterocycles. The van der Waals surface area contributed by atoms with Crippen LogP contribution >= 0.6 is 0 Å². The summed E-state index contributed by atoms with van der Waals surface area (Å²) in [6, 6.07) is 19.0. The molecule has 0 saturated heterocycles. The molecule has 0 aliphatic rings. The van der Waals surface area contributed by atoms with Crippen LogP contribution in [-0.2, 0) is 6.54 Å². The summed E-state index contributed by atoms with van der Waals surface area (Å²) in [7, 11) is 0. The highest BCUT2D eigenvalue weighted by Gasteiger charge is 2.10. The van der Waals surface area contributed by atoms with Crippen LogP contribution in [0.1, 0.15) is 17.4 Å². The fourth-order valence-corrected chi connectivity index (χ4v) is 2.49. The number of benzene rings is 2. The third kappa shape index (κ3) is 5.20. The highest BCUT2D eigenvalue weighted by molar-refractivity contribution is 6.02. The number of carbonyl (C=O) groups excluding carboxylic acids is 1. The molecule has 3 rings (SSSR count). The maximum atomic E-state index is 12.4. The molecule has 0 bridgehead atoms. The molecule has 7 nitrogen and oxygen atoms in total. The lowest BCUT2D eigenvalue weighted by Gasteiger charge is -2.09. The summed E-state index contributed by atoms with van der Waals surface area (Å²) in [5.41, 5.74) is 0.461. The normalized spacial score (nSPS) is 10.3. The van der Waals surface area contributed by atoms with E-state index in [1.807, 2.05) is 37.3 Å². The molecule has 28 heavy (non-hydrogen) atoms. The van der Waals surface area contributed by atoms with Crippen molar-refractivity contribution in [2.75, 3.05) is 18.5 Å². The van der Waals surface area contributed by atoms with Gasteiger partial charge in [0.2, 0.25) is 0 Å². The average molecular weight is 379 g/mol. The number of hydrogen-bond donors (Lipinski definition) is 1. The first-order valence-corrected chi connectivity index (χ1v) is 8.96. The van der Waals surface area contributed by atoms with Crippen LogP contribution in [0.5, 0.6) is 11.5 Å². The molecule has 1 amide bonds. The van der Waals surface area contributed by atoms with Gasteiger partial charge in [-0.15, -0.1) is 0 Å². The Hall–Kier alpha value is -3.61. The first-order chi connectivity index (χ1) is 13.7. The summed E-state index contributed by atoms with van der Waals surface area (Å²) < 4.78 is 12.2. The van der Waals surface area contributed by atoms with Crippen molar-refractivity contribution in [1.82, 2.24) is 9.78 Å². The lowest BCUT2D eigenvalue weighted by molar-refractivity contribution is 0.101. The third-order valence-electron chi connectivity index (χ3n) is 3.84. The number of hydrogen-bond acceptors (Lipinski definition) is 5. The Morgan fingerprint density at radius 1 is 0.964 bits per heavy atom. The molecule has 0 fully saturated rings. The van der Waals surface area contributed by atoms with Gasteiger partial charge in [-0.2, -0.15) is 5.10 Å². The van der Waals surface area contributed by atoms with E-state index in [9.17, 15) is 9.59 Å². The van der Waals surface area contributed by atoms with E-state index in [1.165, 1.54) is 16.8 Å². The Morgan fingerprint density at radius 3 is 2.39 bits per heavy atom. The van der Waals surface area contributed by atoms with Gasteiger partial charge in [0.25, 0.3) is 11.5 Å². The number of rotatable bonds is 8. The second kappa shape index (κ2) is 9.36. The van der Waals surface area contributed by atoms with Gasteiger partial charge in [0.1, 0.15) is 23.8 Å². The van der Waals surface area contributed by atoms with Crippen molar-refractivity contribution in [1.29, 1.82) is 0 Å². The van der Waals surface area contributed by atoms with Gasteiger partial charge in [-0.05, 0) is 49.4 Å². The number of para-hydroxylation sites is 1. The summed E-state index contributed by atoms with van der Waals surface area (Å²) in [6.07, 6.45) is 0. The molecule has 0 atom stereocenters. The molecular formula is C21H21N3O4. The minimum atomic E-state index is -0.401. The fraction of sp³-hybridized carbons (Fsp3) is 0.190. The summed E-state index contributed by atoms with van der Waals surface area (Å²) in [5, 5.41) is 6.89. The van der Waals surface area contributed by atoms with E-state index in [1.54, 1.807) is 24.3 Å². The van der Waals surface area contributed by atoms with Crippen molar-refractivity contribution in [3.8, 4) is 11.5 Å². The molecular weight excluding hydrogens is 358 g/mol. The van der Waals surface area contributed by atoms with Crippen LogP contribution in [-0.4, -0.2) is 28.9 Å². The third-order valence-corrected chi connectivity index (χ3v) is 3.84. The number of nitrogens with one attached hydrogen (secondary N) is 1. The summed E-state index contributed by atoms with van der Waals surface area (Å²) in [6.45, 7) is 2.98. The van der Waals surface area contributed by atoms with Crippen molar-refractivity contribution >= 4 is 11.6 Å². The second-order valence-electron chi connectivity index (χ2n) is 5.85. The molecule has 0 radical (unpaired) electrons. The van der Waals surface area contributed by atoms with E-state index >= 15 is 0 Å². The molecule has 3 aromatic rings. The van der Waals surface area contributed by atoms with Gasteiger partial charge < -0.3 is 14.8 Å². The van der Waals surface area contributed by atoms with E-state index < -0.39 is 5.91 Å². The Kier molecular flexibility index (Phi) is 6.41. The molecule has 0 unspecified atom stereocenters. The summed E-state index contributed by atoms with van der Waals surface area (Å²) in [4.78, 5) is 24.4. The molecule has 1 N–H and O–H groups in total. The molecule has 144 valence electrons. The minimum absolute atomic E-state index is 0.146. The van der Waals surface area contributed by atoms with Gasteiger partial charge in [0.15, 0.2) is 0 Å². The van der Waals surface area contributed by atoms with Gasteiger partial charge in [-0.25, -0.2) is 4.68 Å². The molecule has 7 heteroatoms. The standard InChI is InChI=1S/C21H21N3O4/c1-2-27-18-10-8-16(9-11-18)22-21(26)19-12-13-20(25)24(23-19)14-15-28-17-6-4-3-5-7-17/h3-13H,2,14-15H2,1H3,(H,22,26). The summed E-state index contributed by atoms with van der Waals surface area (Å²) in [5.74, 6) is 1.03. The van der Waals surface area contributed by atoms with Crippen LogP contribution in [0, 0.1) is 0 Å². The van der Waals surface area contributed by atoms with Crippen LogP contribution in [0.15, 0.2) is 71.5 Å².